The fraction of sp³-hybridized carbons (Fsp3) is 0.609. The van der Waals surface area contributed by atoms with Gasteiger partial charge in [0.05, 0.1) is 28.4 Å². The largest absolute Gasteiger partial charge is 0.436 e. The second-order valence-electron chi connectivity index (χ2n) is 8.95. The lowest BCUT2D eigenvalue weighted by Gasteiger charge is -2.41. The van der Waals surface area contributed by atoms with Crippen LogP contribution in [0.3, 0.4) is 0 Å². The molecule has 2 amide bonds. The number of aromatic nitrogens is 1. The Hall–Kier alpha value is -2.50. The molecule has 2 N–H and O–H groups in total. The number of aliphatic hydroxyl groups excluding tert-OH is 1. The van der Waals surface area contributed by atoms with Crippen LogP contribution in [0.15, 0.2) is 12.3 Å². The van der Waals surface area contributed by atoms with Crippen LogP contribution in [0.1, 0.15) is 44.9 Å². The quantitative estimate of drug-likeness (QED) is 0.670. The number of piperidine rings is 1. The number of aliphatic hydroxyl groups is 1. The van der Waals surface area contributed by atoms with Gasteiger partial charge in [-0.25, -0.2) is 9.78 Å². The van der Waals surface area contributed by atoms with Crippen LogP contribution in [0.25, 0.3) is 0 Å². The number of terminal acetylenes is 1. The fourth-order valence-electron chi connectivity index (χ4n) is 5.25. The van der Waals surface area contributed by atoms with E-state index in [1.807, 2.05) is 0 Å². The normalized spacial score (nSPS) is 28.0. The molecule has 8 nitrogen and oxygen atoms in total. The van der Waals surface area contributed by atoms with Crippen molar-refractivity contribution in [3.63, 3.8) is 0 Å². The Morgan fingerprint density at radius 2 is 2.12 bits per heavy atom. The van der Waals surface area contributed by atoms with E-state index < -0.39 is 11.5 Å². The predicted molar refractivity (Wildman–Crippen MR) is 122 cm³/mol. The van der Waals surface area contributed by atoms with Gasteiger partial charge in [-0.05, 0) is 51.0 Å². The second kappa shape index (κ2) is 9.55. The lowest BCUT2D eigenvalue weighted by atomic mass is 9.78. The van der Waals surface area contributed by atoms with Gasteiger partial charge < -0.3 is 19.6 Å². The van der Waals surface area contributed by atoms with Crippen molar-refractivity contribution in [1.29, 1.82) is 0 Å². The maximum atomic E-state index is 13.5. The minimum atomic E-state index is -0.669. The van der Waals surface area contributed by atoms with Crippen LogP contribution in [0.2, 0.25) is 5.02 Å². The minimum absolute atomic E-state index is 0.118. The highest BCUT2D eigenvalue weighted by atomic mass is 35.5. The number of nitrogens with zero attached hydrogens (tertiary/aromatic N) is 3. The Balaban J connectivity index is 1.43. The first-order chi connectivity index (χ1) is 15.4. The van der Waals surface area contributed by atoms with Crippen molar-refractivity contribution in [2.75, 3.05) is 36.5 Å². The number of halogens is 1. The third-order valence-corrected chi connectivity index (χ3v) is 7.16. The number of rotatable bonds is 4. The highest BCUT2D eigenvalue weighted by Crippen LogP contribution is 2.44. The molecule has 9 heteroatoms. The molecular formula is C23H29ClN4O4. The summed E-state index contributed by atoms with van der Waals surface area (Å²) in [6.45, 7) is 2.01. The van der Waals surface area contributed by atoms with Gasteiger partial charge in [-0.3, -0.25) is 10.1 Å². The molecule has 2 saturated heterocycles. The minimum Gasteiger partial charge on any atom is -0.436 e. The Morgan fingerprint density at radius 1 is 1.34 bits per heavy atom. The summed E-state index contributed by atoms with van der Waals surface area (Å²) in [7, 11) is 0. The number of likely N-dealkylation sites (tertiary alicyclic amines) is 1. The molecule has 1 spiro atoms. The van der Waals surface area contributed by atoms with Crippen molar-refractivity contribution in [3.05, 3.63) is 17.3 Å². The number of carbonyl (C=O) groups is 2. The van der Waals surface area contributed by atoms with Gasteiger partial charge >= 0.3 is 6.09 Å². The van der Waals surface area contributed by atoms with Crippen LogP contribution in [0.5, 0.6) is 0 Å². The van der Waals surface area contributed by atoms with E-state index in [9.17, 15) is 14.7 Å². The number of pyridine rings is 1. The van der Waals surface area contributed by atoms with Gasteiger partial charge in [0.25, 0.3) is 0 Å². The summed E-state index contributed by atoms with van der Waals surface area (Å²) in [4.78, 5) is 33.8. The van der Waals surface area contributed by atoms with Crippen LogP contribution in [0.4, 0.5) is 16.3 Å². The third kappa shape index (κ3) is 4.64. The van der Waals surface area contributed by atoms with E-state index in [1.54, 1.807) is 6.07 Å². The van der Waals surface area contributed by atoms with Crippen molar-refractivity contribution in [1.82, 2.24) is 9.88 Å². The molecule has 172 valence electrons. The Morgan fingerprint density at radius 3 is 2.84 bits per heavy atom. The molecule has 1 aromatic rings. The predicted octanol–water partition coefficient (Wildman–Crippen LogP) is 3.04. The first kappa shape index (κ1) is 22.7. The molecular weight excluding hydrogens is 432 g/mol. The number of carbonyl (C=O) groups excluding carboxylic acids is 2. The topological polar surface area (TPSA) is 95.0 Å². The summed E-state index contributed by atoms with van der Waals surface area (Å²) >= 11 is 6.50. The van der Waals surface area contributed by atoms with Crippen molar-refractivity contribution >= 4 is 35.1 Å². The van der Waals surface area contributed by atoms with Gasteiger partial charge in [0.15, 0.2) is 6.61 Å². The molecule has 0 radical (unpaired) electrons. The van der Waals surface area contributed by atoms with E-state index >= 15 is 0 Å². The van der Waals surface area contributed by atoms with Gasteiger partial charge in [0.2, 0.25) is 5.91 Å². The molecule has 1 aliphatic carbocycles. The number of hydrogen-bond acceptors (Lipinski definition) is 6. The average molecular weight is 461 g/mol. The summed E-state index contributed by atoms with van der Waals surface area (Å²) in [5, 5.41) is 12.8. The molecule has 1 atom stereocenters. The number of ether oxygens (including phenoxy) is 1. The maximum Gasteiger partial charge on any atom is 0.412 e. The fourth-order valence-corrected chi connectivity index (χ4v) is 5.54. The molecule has 0 bridgehead atoms. The third-order valence-electron chi connectivity index (χ3n) is 6.88. The Bertz CT molecular complexity index is 912. The first-order valence-electron chi connectivity index (χ1n) is 11.2. The van der Waals surface area contributed by atoms with E-state index in [4.69, 9.17) is 22.8 Å². The van der Waals surface area contributed by atoms with E-state index in [0.29, 0.717) is 23.1 Å². The zero-order valence-corrected chi connectivity index (χ0v) is 18.8. The first-order valence-corrected chi connectivity index (χ1v) is 11.6. The SMILES string of the molecule is C#CCOC(=O)Nc1cnc(N2CCC[C@@]3(CCN(C4CCC(O)CC4)C3=O)C2)c(Cl)c1. The van der Waals surface area contributed by atoms with Crippen LogP contribution in [0, 0.1) is 17.8 Å². The van der Waals surface area contributed by atoms with Crippen molar-refractivity contribution < 1.29 is 19.4 Å². The lowest BCUT2D eigenvalue weighted by Crippen LogP contribution is -2.50. The molecule has 32 heavy (non-hydrogen) atoms. The van der Waals surface area contributed by atoms with Crippen LogP contribution < -0.4 is 10.2 Å². The van der Waals surface area contributed by atoms with Crippen LogP contribution in [-0.4, -0.2) is 65.4 Å². The monoisotopic (exact) mass is 460 g/mol. The zero-order chi connectivity index (χ0) is 22.7. The number of anilines is 2. The van der Waals surface area contributed by atoms with E-state index in [-0.39, 0.29) is 24.7 Å². The average Bonchev–Trinajstić information content (AvgIpc) is 3.08. The maximum absolute atomic E-state index is 13.5. The van der Waals surface area contributed by atoms with Gasteiger partial charge in [-0.1, -0.05) is 17.5 Å². The van der Waals surface area contributed by atoms with E-state index in [2.05, 4.69) is 26.0 Å². The number of hydrogen-bond donors (Lipinski definition) is 2. The number of amides is 2. The molecule has 0 unspecified atom stereocenters. The molecule has 0 aromatic carbocycles. The summed E-state index contributed by atoms with van der Waals surface area (Å²) in [5.74, 6) is 3.07. The summed E-state index contributed by atoms with van der Waals surface area (Å²) < 4.78 is 4.80. The molecule has 2 aliphatic heterocycles. The molecule has 1 saturated carbocycles. The van der Waals surface area contributed by atoms with Gasteiger partial charge in [0, 0.05) is 25.7 Å². The number of nitrogens with one attached hydrogen (secondary N) is 1. The van der Waals surface area contributed by atoms with E-state index in [0.717, 1.165) is 58.0 Å². The molecule has 1 aromatic heterocycles. The van der Waals surface area contributed by atoms with Crippen molar-refractivity contribution in [3.8, 4) is 12.3 Å². The molecule has 3 fully saturated rings. The Labute approximate surface area is 193 Å². The van der Waals surface area contributed by atoms with E-state index in [1.165, 1.54) is 6.20 Å². The van der Waals surface area contributed by atoms with Crippen LogP contribution in [-0.2, 0) is 9.53 Å². The second-order valence-corrected chi connectivity index (χ2v) is 9.36. The zero-order valence-electron chi connectivity index (χ0n) is 18.1. The van der Waals surface area contributed by atoms with Crippen molar-refractivity contribution in [2.24, 2.45) is 5.41 Å². The smallest absolute Gasteiger partial charge is 0.412 e. The van der Waals surface area contributed by atoms with Gasteiger partial charge in [-0.15, -0.1) is 6.42 Å². The van der Waals surface area contributed by atoms with Crippen LogP contribution >= 0.6 is 11.6 Å². The highest BCUT2D eigenvalue weighted by molar-refractivity contribution is 6.33. The van der Waals surface area contributed by atoms with Crippen molar-refractivity contribution in [2.45, 2.75) is 57.1 Å². The Kier molecular flexibility index (Phi) is 6.77. The molecule has 3 aliphatic rings. The van der Waals surface area contributed by atoms with Gasteiger partial charge in [-0.2, -0.15) is 0 Å². The summed E-state index contributed by atoms with van der Waals surface area (Å²) in [6, 6.07) is 1.86. The van der Waals surface area contributed by atoms with Gasteiger partial charge in [0.1, 0.15) is 5.82 Å². The molecule has 4 rings (SSSR count). The molecule has 3 heterocycles. The highest BCUT2D eigenvalue weighted by Gasteiger charge is 2.51. The summed E-state index contributed by atoms with van der Waals surface area (Å²) in [6.07, 6.45) is 11.6. The summed E-state index contributed by atoms with van der Waals surface area (Å²) in [5.41, 5.74) is 0.00466. The standard InChI is InChI=1S/C23H29ClN4O4/c1-2-12-32-22(31)26-16-13-19(24)20(25-14-16)27-10-3-8-23(15-27)9-11-28(21(23)30)17-4-6-18(29)7-5-17/h1,13-14,17-18,29H,3-12,15H2,(H,26,31)/t17?,18?,23-/m1/s1. The lowest BCUT2D eigenvalue weighted by molar-refractivity contribution is -0.139.